The first-order valence-corrected chi connectivity index (χ1v) is 7.27. The van der Waals surface area contributed by atoms with E-state index in [0.29, 0.717) is 10.9 Å². The summed E-state index contributed by atoms with van der Waals surface area (Å²) >= 11 is 14.9. The van der Waals surface area contributed by atoms with Crippen molar-refractivity contribution in [2.75, 3.05) is 11.8 Å². The van der Waals surface area contributed by atoms with E-state index in [1.54, 1.807) is 6.07 Å². The Morgan fingerprint density at radius 1 is 1.44 bits per heavy atom. The van der Waals surface area contributed by atoms with Crippen LogP contribution in [0.1, 0.15) is 23.7 Å². The molecule has 3 nitrogen and oxygen atoms in total. The molecule has 0 heterocycles. The number of halogens is 3. The molecule has 0 fully saturated rings. The largest absolute Gasteiger partial charge is 0.507 e. The molecule has 1 aromatic rings. The van der Waals surface area contributed by atoms with Gasteiger partial charge >= 0.3 is 0 Å². The second kappa shape index (κ2) is 6.64. The highest BCUT2D eigenvalue weighted by atomic mass is 79.9. The van der Waals surface area contributed by atoms with Crippen LogP contribution in [0, 0.1) is 0 Å². The van der Waals surface area contributed by atoms with Crippen LogP contribution in [0.5, 0.6) is 5.75 Å². The number of carbonyl (C=O) groups excluding carboxylic acids is 1. The molecule has 0 saturated heterocycles. The van der Waals surface area contributed by atoms with Gasteiger partial charge in [0.25, 0.3) is 5.91 Å². The van der Waals surface area contributed by atoms with Crippen molar-refractivity contribution < 1.29 is 9.90 Å². The second-order valence-corrected chi connectivity index (χ2v) is 5.47. The van der Waals surface area contributed by atoms with Gasteiger partial charge in [0.15, 0.2) is 0 Å². The molecule has 2 N–H and O–H groups in total. The lowest BCUT2D eigenvalue weighted by atomic mass is 10.0. The molecule has 0 bridgehead atoms. The van der Waals surface area contributed by atoms with Crippen LogP contribution in [0.2, 0.25) is 0 Å². The number of hydrogen-bond donors (Lipinski definition) is 2. The van der Waals surface area contributed by atoms with Gasteiger partial charge in [-0.2, -0.15) is 0 Å². The molecular formula is C12H14BrCl2NO2. The first-order valence-electron chi connectivity index (χ1n) is 5.41. The van der Waals surface area contributed by atoms with Gasteiger partial charge in [0, 0.05) is 16.2 Å². The van der Waals surface area contributed by atoms with E-state index in [2.05, 4.69) is 21.2 Å². The lowest BCUT2D eigenvalue weighted by Crippen LogP contribution is -2.51. The van der Waals surface area contributed by atoms with Crippen LogP contribution < -0.4 is 5.32 Å². The standard InChI is InChI=1S/C12H14BrCl2NO2/c1-2-12(6-14,7-15)16-11(18)9-4-3-8(13)5-10(9)17/h3-5,17H,2,6-7H2,1H3,(H,16,18). The molecule has 1 amide bonds. The van der Waals surface area contributed by atoms with E-state index in [0.717, 1.165) is 0 Å². The molecule has 1 aromatic carbocycles. The number of amides is 1. The summed E-state index contributed by atoms with van der Waals surface area (Å²) < 4.78 is 0.702. The number of alkyl halides is 2. The Morgan fingerprint density at radius 3 is 2.50 bits per heavy atom. The molecule has 0 aliphatic rings. The molecule has 0 saturated carbocycles. The third-order valence-electron chi connectivity index (χ3n) is 2.77. The molecule has 0 aliphatic carbocycles. The maximum absolute atomic E-state index is 12.1. The van der Waals surface area contributed by atoms with E-state index in [1.165, 1.54) is 12.1 Å². The van der Waals surface area contributed by atoms with E-state index < -0.39 is 5.54 Å². The van der Waals surface area contributed by atoms with Crippen LogP contribution in [0.4, 0.5) is 0 Å². The van der Waals surface area contributed by atoms with Crippen molar-refractivity contribution in [1.29, 1.82) is 0 Å². The molecule has 0 radical (unpaired) electrons. The highest BCUT2D eigenvalue weighted by molar-refractivity contribution is 9.10. The first kappa shape index (κ1) is 15.6. The number of aromatic hydroxyl groups is 1. The van der Waals surface area contributed by atoms with E-state index in [-0.39, 0.29) is 29.0 Å². The molecular weight excluding hydrogens is 341 g/mol. The Labute approximate surface area is 125 Å². The van der Waals surface area contributed by atoms with E-state index in [1.807, 2.05) is 6.92 Å². The van der Waals surface area contributed by atoms with Crippen LogP contribution in [-0.4, -0.2) is 28.3 Å². The fraction of sp³-hybridized carbons (Fsp3) is 0.417. The van der Waals surface area contributed by atoms with Gasteiger partial charge in [-0.15, -0.1) is 23.2 Å². The number of nitrogens with one attached hydrogen (secondary N) is 1. The van der Waals surface area contributed by atoms with E-state index in [4.69, 9.17) is 23.2 Å². The van der Waals surface area contributed by atoms with Crippen molar-refractivity contribution in [3.05, 3.63) is 28.2 Å². The summed E-state index contributed by atoms with van der Waals surface area (Å²) in [6, 6.07) is 4.69. The molecule has 0 aliphatic heterocycles. The van der Waals surface area contributed by atoms with Crippen LogP contribution in [-0.2, 0) is 0 Å². The van der Waals surface area contributed by atoms with Gasteiger partial charge in [0.2, 0.25) is 0 Å². The van der Waals surface area contributed by atoms with Gasteiger partial charge in [-0.3, -0.25) is 4.79 Å². The number of phenols is 1. The number of hydrogen-bond acceptors (Lipinski definition) is 2. The minimum absolute atomic E-state index is 0.0870. The Morgan fingerprint density at radius 2 is 2.06 bits per heavy atom. The quantitative estimate of drug-likeness (QED) is 0.795. The van der Waals surface area contributed by atoms with Gasteiger partial charge in [-0.05, 0) is 24.6 Å². The van der Waals surface area contributed by atoms with Crippen molar-refractivity contribution in [2.45, 2.75) is 18.9 Å². The van der Waals surface area contributed by atoms with Gasteiger partial charge in [-0.25, -0.2) is 0 Å². The van der Waals surface area contributed by atoms with Crippen molar-refractivity contribution in [3.63, 3.8) is 0 Å². The Hall–Kier alpha value is -0.450. The third-order valence-corrected chi connectivity index (χ3v) is 4.29. The predicted octanol–water partition coefficient (Wildman–Crippen LogP) is 3.51. The summed E-state index contributed by atoms with van der Waals surface area (Å²) in [5, 5.41) is 12.5. The summed E-state index contributed by atoms with van der Waals surface area (Å²) in [6.07, 6.45) is 0.614. The van der Waals surface area contributed by atoms with Gasteiger partial charge in [-0.1, -0.05) is 22.9 Å². The average Bonchev–Trinajstić information content (AvgIpc) is 2.36. The third kappa shape index (κ3) is 3.53. The molecule has 100 valence electrons. The van der Waals surface area contributed by atoms with Gasteiger partial charge in [0.1, 0.15) is 5.75 Å². The van der Waals surface area contributed by atoms with Crippen LogP contribution >= 0.6 is 39.1 Å². The number of benzene rings is 1. The highest BCUT2D eigenvalue weighted by Gasteiger charge is 2.29. The lowest BCUT2D eigenvalue weighted by Gasteiger charge is -2.29. The average molecular weight is 355 g/mol. The highest BCUT2D eigenvalue weighted by Crippen LogP contribution is 2.23. The summed E-state index contributed by atoms with van der Waals surface area (Å²) in [7, 11) is 0. The Bertz CT molecular complexity index is 428. The molecule has 0 aromatic heterocycles. The molecule has 0 unspecified atom stereocenters. The summed E-state index contributed by atoms with van der Waals surface area (Å²) in [6.45, 7) is 1.90. The Balaban J connectivity index is 2.94. The zero-order valence-corrected chi connectivity index (χ0v) is 12.9. The minimum atomic E-state index is -0.653. The number of phenolic OH excluding ortho intramolecular Hbond substituents is 1. The van der Waals surface area contributed by atoms with E-state index in [9.17, 15) is 9.90 Å². The van der Waals surface area contributed by atoms with Crippen molar-refractivity contribution >= 4 is 45.0 Å². The maximum atomic E-state index is 12.1. The zero-order valence-electron chi connectivity index (χ0n) is 9.84. The molecule has 18 heavy (non-hydrogen) atoms. The van der Waals surface area contributed by atoms with Crippen molar-refractivity contribution in [2.24, 2.45) is 0 Å². The molecule has 0 atom stereocenters. The van der Waals surface area contributed by atoms with Crippen molar-refractivity contribution in [3.8, 4) is 5.75 Å². The van der Waals surface area contributed by atoms with Gasteiger partial charge in [0.05, 0.1) is 11.1 Å². The fourth-order valence-electron chi connectivity index (χ4n) is 1.38. The summed E-state index contributed by atoms with van der Waals surface area (Å²) in [5.41, 5.74) is -0.453. The second-order valence-electron chi connectivity index (χ2n) is 4.02. The molecule has 1 rings (SSSR count). The van der Waals surface area contributed by atoms with Gasteiger partial charge < -0.3 is 10.4 Å². The van der Waals surface area contributed by atoms with Crippen molar-refractivity contribution in [1.82, 2.24) is 5.32 Å². The van der Waals surface area contributed by atoms with Crippen LogP contribution in [0.3, 0.4) is 0 Å². The van der Waals surface area contributed by atoms with E-state index >= 15 is 0 Å². The lowest BCUT2D eigenvalue weighted by molar-refractivity contribution is 0.0911. The minimum Gasteiger partial charge on any atom is -0.507 e. The summed E-state index contributed by atoms with van der Waals surface area (Å²) in [4.78, 5) is 12.1. The monoisotopic (exact) mass is 353 g/mol. The maximum Gasteiger partial charge on any atom is 0.255 e. The number of rotatable bonds is 5. The van der Waals surface area contributed by atoms with Crippen LogP contribution in [0.25, 0.3) is 0 Å². The summed E-state index contributed by atoms with van der Waals surface area (Å²) in [5.74, 6) is -0.0364. The molecule has 6 heteroatoms. The SMILES string of the molecule is CCC(CCl)(CCl)NC(=O)c1ccc(Br)cc1O. The number of carbonyl (C=O) groups is 1. The topological polar surface area (TPSA) is 49.3 Å². The normalized spacial score (nSPS) is 11.3. The predicted molar refractivity (Wildman–Crippen MR) is 77.7 cm³/mol. The first-order chi connectivity index (χ1) is 8.48. The molecule has 0 spiro atoms. The smallest absolute Gasteiger partial charge is 0.255 e. The van der Waals surface area contributed by atoms with Crippen LogP contribution in [0.15, 0.2) is 22.7 Å². The zero-order chi connectivity index (χ0) is 13.8. The Kier molecular flexibility index (Phi) is 5.76. The fourth-order valence-corrected chi connectivity index (χ4v) is 2.53.